The summed E-state index contributed by atoms with van der Waals surface area (Å²) in [5.74, 6) is -0.457. The first-order valence-electron chi connectivity index (χ1n) is 4.11. The second kappa shape index (κ2) is 2.55. The minimum absolute atomic E-state index is 0.109. The van der Waals surface area contributed by atoms with Crippen molar-refractivity contribution in [2.24, 2.45) is 0 Å². The van der Waals surface area contributed by atoms with Gasteiger partial charge >= 0.3 is 0 Å². The summed E-state index contributed by atoms with van der Waals surface area (Å²) in [4.78, 5) is 11.4. The predicted molar refractivity (Wildman–Crippen MR) is 45.6 cm³/mol. The standard InChI is InChI=1S/C10H9FO2/c1-5-3-4-7-9(12)6(2)13-10(7)8(5)11/h3-4,6H,1-2H3. The zero-order valence-corrected chi connectivity index (χ0v) is 7.43. The molecule has 0 saturated carbocycles. The molecule has 1 unspecified atom stereocenters. The summed E-state index contributed by atoms with van der Waals surface area (Å²) in [6, 6.07) is 3.20. The number of carbonyl (C=O) groups excluding carboxylic acids is 1. The van der Waals surface area contributed by atoms with Gasteiger partial charge in [-0.2, -0.15) is 0 Å². The largest absolute Gasteiger partial charge is 0.479 e. The predicted octanol–water partition coefficient (Wildman–Crippen LogP) is 2.10. The van der Waals surface area contributed by atoms with Crippen molar-refractivity contribution in [1.29, 1.82) is 0 Å². The van der Waals surface area contributed by atoms with Crippen LogP contribution in [0.2, 0.25) is 0 Å². The molecule has 0 aliphatic carbocycles. The first kappa shape index (κ1) is 8.23. The minimum Gasteiger partial charge on any atom is -0.479 e. The summed E-state index contributed by atoms with van der Waals surface area (Å²) in [5.41, 5.74) is 0.858. The van der Waals surface area contributed by atoms with Crippen molar-refractivity contribution in [3.8, 4) is 5.75 Å². The maximum Gasteiger partial charge on any atom is 0.206 e. The van der Waals surface area contributed by atoms with E-state index in [0.29, 0.717) is 11.1 Å². The van der Waals surface area contributed by atoms with E-state index < -0.39 is 11.9 Å². The number of benzene rings is 1. The van der Waals surface area contributed by atoms with E-state index in [0.717, 1.165) is 0 Å². The monoisotopic (exact) mass is 180 g/mol. The van der Waals surface area contributed by atoms with E-state index in [-0.39, 0.29) is 11.5 Å². The highest BCUT2D eigenvalue weighted by molar-refractivity contribution is 6.04. The Bertz CT molecular complexity index is 385. The Balaban J connectivity index is 2.64. The van der Waals surface area contributed by atoms with Gasteiger partial charge in [0.15, 0.2) is 17.7 Å². The van der Waals surface area contributed by atoms with Gasteiger partial charge in [-0.15, -0.1) is 0 Å². The van der Waals surface area contributed by atoms with Crippen LogP contribution in [0, 0.1) is 12.7 Å². The molecule has 1 aliphatic rings. The number of fused-ring (bicyclic) bond motifs is 1. The second-order valence-electron chi connectivity index (χ2n) is 3.20. The van der Waals surface area contributed by atoms with E-state index in [2.05, 4.69) is 0 Å². The molecule has 68 valence electrons. The molecular weight excluding hydrogens is 171 g/mol. The third-order valence-corrected chi connectivity index (χ3v) is 2.22. The highest BCUT2D eigenvalue weighted by Gasteiger charge is 2.31. The van der Waals surface area contributed by atoms with Crippen LogP contribution in [0.15, 0.2) is 12.1 Å². The van der Waals surface area contributed by atoms with Gasteiger partial charge < -0.3 is 4.74 Å². The van der Waals surface area contributed by atoms with Gasteiger partial charge in [-0.3, -0.25) is 4.79 Å². The highest BCUT2D eigenvalue weighted by Crippen LogP contribution is 2.32. The molecule has 0 N–H and O–H groups in total. The van der Waals surface area contributed by atoms with Crippen molar-refractivity contribution >= 4 is 5.78 Å². The molecule has 13 heavy (non-hydrogen) atoms. The first-order valence-corrected chi connectivity index (χ1v) is 4.11. The van der Waals surface area contributed by atoms with Crippen molar-refractivity contribution in [3.05, 3.63) is 29.1 Å². The Labute approximate surface area is 75.3 Å². The SMILES string of the molecule is Cc1ccc2c(c1F)OC(C)C2=O. The van der Waals surface area contributed by atoms with Crippen LogP contribution >= 0.6 is 0 Å². The van der Waals surface area contributed by atoms with Crippen LogP contribution in [0.25, 0.3) is 0 Å². The maximum absolute atomic E-state index is 13.4. The molecule has 1 atom stereocenters. The van der Waals surface area contributed by atoms with Crippen LogP contribution in [0.4, 0.5) is 4.39 Å². The summed E-state index contributed by atoms with van der Waals surface area (Å²) in [7, 11) is 0. The molecule has 0 aromatic heterocycles. The summed E-state index contributed by atoms with van der Waals surface area (Å²) >= 11 is 0. The van der Waals surface area contributed by atoms with Crippen LogP contribution in [0.3, 0.4) is 0 Å². The Morgan fingerprint density at radius 2 is 2.15 bits per heavy atom. The van der Waals surface area contributed by atoms with Gasteiger partial charge in [0.05, 0.1) is 5.56 Å². The van der Waals surface area contributed by atoms with E-state index in [1.807, 2.05) is 0 Å². The zero-order valence-electron chi connectivity index (χ0n) is 7.43. The highest BCUT2D eigenvalue weighted by atomic mass is 19.1. The molecule has 2 rings (SSSR count). The Morgan fingerprint density at radius 1 is 1.46 bits per heavy atom. The number of carbonyl (C=O) groups is 1. The fraction of sp³-hybridized carbons (Fsp3) is 0.300. The average Bonchev–Trinajstić information content (AvgIpc) is 2.38. The second-order valence-corrected chi connectivity index (χ2v) is 3.20. The summed E-state index contributed by atoms with van der Waals surface area (Å²) < 4.78 is 18.5. The number of Topliss-reactive ketones (excluding diaryl/α,β-unsaturated/α-hetero) is 1. The fourth-order valence-electron chi connectivity index (χ4n) is 1.41. The van der Waals surface area contributed by atoms with Crippen molar-refractivity contribution < 1.29 is 13.9 Å². The zero-order chi connectivity index (χ0) is 9.59. The molecule has 1 heterocycles. The Kier molecular flexibility index (Phi) is 1.62. The Morgan fingerprint density at radius 3 is 2.85 bits per heavy atom. The van der Waals surface area contributed by atoms with E-state index in [1.54, 1.807) is 26.0 Å². The van der Waals surface area contributed by atoms with E-state index >= 15 is 0 Å². The number of hydrogen-bond acceptors (Lipinski definition) is 2. The molecule has 0 fully saturated rings. The van der Waals surface area contributed by atoms with Crippen LogP contribution in [0.5, 0.6) is 5.75 Å². The lowest BCUT2D eigenvalue weighted by Crippen LogP contribution is -2.14. The average molecular weight is 180 g/mol. The molecule has 1 aromatic rings. The molecule has 1 aliphatic heterocycles. The molecule has 0 spiro atoms. The van der Waals surface area contributed by atoms with Crippen LogP contribution in [-0.4, -0.2) is 11.9 Å². The number of aryl methyl sites for hydroxylation is 1. The first-order chi connectivity index (χ1) is 6.11. The molecule has 0 saturated heterocycles. The molecule has 0 amide bonds. The van der Waals surface area contributed by atoms with Gasteiger partial charge in [0.1, 0.15) is 0 Å². The smallest absolute Gasteiger partial charge is 0.206 e. The van der Waals surface area contributed by atoms with Crippen molar-refractivity contribution in [1.82, 2.24) is 0 Å². The van der Waals surface area contributed by atoms with Crippen LogP contribution in [0.1, 0.15) is 22.8 Å². The van der Waals surface area contributed by atoms with Gasteiger partial charge in [-0.1, -0.05) is 6.07 Å². The maximum atomic E-state index is 13.4. The van der Waals surface area contributed by atoms with Gasteiger partial charge in [0.2, 0.25) is 5.78 Å². The lowest BCUT2D eigenvalue weighted by molar-refractivity contribution is 0.0876. The lowest BCUT2D eigenvalue weighted by Gasteiger charge is -2.03. The molecule has 2 nitrogen and oxygen atoms in total. The van der Waals surface area contributed by atoms with E-state index in [1.165, 1.54) is 0 Å². The Hall–Kier alpha value is -1.38. The van der Waals surface area contributed by atoms with E-state index in [4.69, 9.17) is 4.74 Å². The van der Waals surface area contributed by atoms with Gasteiger partial charge in [0, 0.05) is 0 Å². The summed E-state index contributed by atoms with van der Waals surface area (Å²) in [6.45, 7) is 3.27. The van der Waals surface area contributed by atoms with Crippen LogP contribution in [-0.2, 0) is 0 Å². The van der Waals surface area contributed by atoms with Gasteiger partial charge in [0.25, 0.3) is 0 Å². The van der Waals surface area contributed by atoms with Crippen molar-refractivity contribution in [2.45, 2.75) is 20.0 Å². The lowest BCUT2D eigenvalue weighted by atomic mass is 10.1. The molecule has 3 heteroatoms. The normalized spacial score (nSPS) is 19.9. The minimum atomic E-state index is -0.550. The van der Waals surface area contributed by atoms with Crippen molar-refractivity contribution in [3.63, 3.8) is 0 Å². The van der Waals surface area contributed by atoms with Crippen LogP contribution < -0.4 is 4.74 Å². The van der Waals surface area contributed by atoms with Gasteiger partial charge in [-0.05, 0) is 25.5 Å². The summed E-state index contributed by atoms with van der Waals surface area (Å²) in [6.07, 6.45) is -0.550. The number of hydrogen-bond donors (Lipinski definition) is 0. The van der Waals surface area contributed by atoms with Gasteiger partial charge in [-0.25, -0.2) is 4.39 Å². The van der Waals surface area contributed by atoms with Crippen molar-refractivity contribution in [2.75, 3.05) is 0 Å². The summed E-state index contributed by atoms with van der Waals surface area (Å²) in [5, 5.41) is 0. The number of halogens is 1. The molecule has 0 radical (unpaired) electrons. The fourth-order valence-corrected chi connectivity index (χ4v) is 1.41. The van der Waals surface area contributed by atoms with E-state index in [9.17, 15) is 9.18 Å². The third-order valence-electron chi connectivity index (χ3n) is 2.22. The third kappa shape index (κ3) is 1.03. The number of rotatable bonds is 0. The quantitative estimate of drug-likeness (QED) is 0.611. The molecule has 1 aromatic carbocycles. The topological polar surface area (TPSA) is 26.3 Å². The molecule has 0 bridgehead atoms. The molecular formula is C10H9FO2. The number of ketones is 1. The number of ether oxygens (including phenoxy) is 1.